The number of carbonyl (C=O) groups is 1. The molecule has 4 rings (SSSR count). The van der Waals surface area contributed by atoms with Crippen LogP contribution in [0, 0.1) is 6.92 Å². The van der Waals surface area contributed by atoms with Gasteiger partial charge in [0.15, 0.2) is 5.76 Å². The first-order valence-corrected chi connectivity index (χ1v) is 8.35. The van der Waals surface area contributed by atoms with Crippen molar-refractivity contribution in [3.8, 4) is 11.5 Å². The molecule has 0 fully saturated rings. The average Bonchev–Trinajstić information content (AvgIpc) is 3.10. The van der Waals surface area contributed by atoms with Crippen molar-refractivity contribution >= 4 is 22.8 Å². The van der Waals surface area contributed by atoms with Gasteiger partial charge in [-0.1, -0.05) is 18.2 Å². The monoisotopic (exact) mass is 333 g/mol. The van der Waals surface area contributed by atoms with Gasteiger partial charge in [-0.25, -0.2) is 0 Å². The van der Waals surface area contributed by atoms with Gasteiger partial charge in [0.2, 0.25) is 5.78 Å². The molecule has 2 heterocycles. The van der Waals surface area contributed by atoms with E-state index in [1.54, 1.807) is 6.07 Å². The normalized spacial score (nSPS) is 14.8. The van der Waals surface area contributed by atoms with Crippen molar-refractivity contribution in [1.29, 1.82) is 0 Å². The number of rotatable bonds is 3. The van der Waals surface area contributed by atoms with E-state index in [0.717, 1.165) is 27.8 Å². The van der Waals surface area contributed by atoms with Crippen LogP contribution in [0.25, 0.3) is 17.0 Å². The largest absolute Gasteiger partial charge is 0.493 e. The summed E-state index contributed by atoms with van der Waals surface area (Å²) in [6.45, 7) is 4.43. The fourth-order valence-corrected chi connectivity index (χ4v) is 3.31. The first kappa shape index (κ1) is 15.5. The molecule has 0 unspecified atom stereocenters. The van der Waals surface area contributed by atoms with Gasteiger partial charge in [0.25, 0.3) is 0 Å². The van der Waals surface area contributed by atoms with E-state index in [4.69, 9.17) is 9.47 Å². The fraction of sp³-hybridized carbons (Fsp3) is 0.190. The fourth-order valence-electron chi connectivity index (χ4n) is 3.31. The van der Waals surface area contributed by atoms with Gasteiger partial charge in [-0.3, -0.25) is 4.79 Å². The van der Waals surface area contributed by atoms with E-state index in [1.165, 1.54) is 0 Å². The highest BCUT2D eigenvalue weighted by molar-refractivity contribution is 6.15. The lowest BCUT2D eigenvalue weighted by Crippen LogP contribution is -1.97. The molecule has 0 N–H and O–H groups in total. The molecule has 0 atom stereocenters. The number of aryl methyl sites for hydroxylation is 1. The predicted molar refractivity (Wildman–Crippen MR) is 98.2 cm³/mol. The molecule has 0 bridgehead atoms. The predicted octanol–water partition coefficient (Wildman–Crippen LogP) is 4.50. The van der Waals surface area contributed by atoms with Gasteiger partial charge < -0.3 is 14.0 Å². The van der Waals surface area contributed by atoms with E-state index in [-0.39, 0.29) is 5.78 Å². The first-order valence-electron chi connectivity index (χ1n) is 8.35. The van der Waals surface area contributed by atoms with Crippen LogP contribution in [-0.2, 0) is 7.05 Å². The van der Waals surface area contributed by atoms with Crippen molar-refractivity contribution in [3.05, 3.63) is 65.0 Å². The number of allylic oxidation sites excluding steroid dienone is 1. The Morgan fingerprint density at radius 2 is 2.00 bits per heavy atom. The third-order valence-corrected chi connectivity index (χ3v) is 4.55. The summed E-state index contributed by atoms with van der Waals surface area (Å²) >= 11 is 0. The van der Waals surface area contributed by atoms with Crippen molar-refractivity contribution in [2.24, 2.45) is 7.05 Å². The van der Waals surface area contributed by atoms with Crippen molar-refractivity contribution in [2.45, 2.75) is 13.8 Å². The van der Waals surface area contributed by atoms with E-state index in [1.807, 2.05) is 62.0 Å². The molecule has 25 heavy (non-hydrogen) atoms. The van der Waals surface area contributed by atoms with E-state index < -0.39 is 0 Å². The summed E-state index contributed by atoms with van der Waals surface area (Å²) in [5, 5.41) is 1.09. The maximum atomic E-state index is 12.7. The quantitative estimate of drug-likeness (QED) is 0.663. The Bertz CT molecular complexity index is 1030. The van der Waals surface area contributed by atoms with Gasteiger partial charge >= 0.3 is 0 Å². The van der Waals surface area contributed by atoms with Gasteiger partial charge in [0.05, 0.1) is 12.2 Å². The molecule has 3 aromatic rings. The van der Waals surface area contributed by atoms with Crippen LogP contribution < -0.4 is 9.47 Å². The van der Waals surface area contributed by atoms with Gasteiger partial charge in [-0.15, -0.1) is 0 Å². The topological polar surface area (TPSA) is 40.5 Å². The molecule has 0 saturated heterocycles. The van der Waals surface area contributed by atoms with Gasteiger partial charge in [0, 0.05) is 35.3 Å². The number of para-hydroxylation sites is 1. The number of hydrogen-bond donors (Lipinski definition) is 0. The van der Waals surface area contributed by atoms with Crippen LogP contribution in [0.2, 0.25) is 0 Å². The number of aromatic nitrogens is 1. The lowest BCUT2D eigenvalue weighted by Gasteiger charge is -2.09. The van der Waals surface area contributed by atoms with E-state index in [9.17, 15) is 4.79 Å². The molecule has 0 spiro atoms. The molecule has 2 aromatic carbocycles. The number of ether oxygens (including phenoxy) is 2. The first-order chi connectivity index (χ1) is 12.1. The maximum Gasteiger partial charge on any atom is 0.231 e. The van der Waals surface area contributed by atoms with Crippen LogP contribution in [0.3, 0.4) is 0 Å². The molecule has 0 radical (unpaired) electrons. The molecule has 4 nitrogen and oxygen atoms in total. The highest BCUT2D eigenvalue weighted by Gasteiger charge is 2.30. The Morgan fingerprint density at radius 1 is 1.20 bits per heavy atom. The standard InChI is InChI=1S/C21H19NO3/c1-4-24-18-10-9-16-20(23)19(25-21(16)13(18)2)11-14-12-22(3)17-8-6-5-7-15(14)17/h5-12H,4H2,1-3H3. The van der Waals surface area contributed by atoms with Crippen molar-refractivity contribution in [1.82, 2.24) is 4.57 Å². The zero-order chi connectivity index (χ0) is 17.6. The molecule has 1 aliphatic rings. The zero-order valence-electron chi connectivity index (χ0n) is 14.5. The Labute approximate surface area is 146 Å². The third-order valence-electron chi connectivity index (χ3n) is 4.55. The summed E-state index contributed by atoms with van der Waals surface area (Å²) in [6, 6.07) is 11.7. The number of Topliss-reactive ketones (excluding diaryl/α,β-unsaturated/α-hetero) is 1. The van der Waals surface area contributed by atoms with Crippen LogP contribution in [-0.4, -0.2) is 17.0 Å². The third kappa shape index (κ3) is 2.41. The van der Waals surface area contributed by atoms with Crippen LogP contribution in [0.4, 0.5) is 0 Å². The SMILES string of the molecule is CCOc1ccc2c(c1C)OC(=Cc1cn(C)c3ccccc13)C2=O. The van der Waals surface area contributed by atoms with Crippen molar-refractivity contribution < 1.29 is 14.3 Å². The van der Waals surface area contributed by atoms with Crippen LogP contribution >= 0.6 is 0 Å². The summed E-state index contributed by atoms with van der Waals surface area (Å²) in [5.74, 6) is 1.61. The van der Waals surface area contributed by atoms with Crippen LogP contribution in [0.5, 0.6) is 11.5 Å². The number of carbonyl (C=O) groups excluding carboxylic acids is 1. The second-order valence-corrected chi connectivity index (χ2v) is 6.15. The van der Waals surface area contributed by atoms with E-state index in [0.29, 0.717) is 23.7 Å². The molecule has 0 aliphatic carbocycles. The van der Waals surface area contributed by atoms with Gasteiger partial charge in [0.1, 0.15) is 11.5 Å². The van der Waals surface area contributed by atoms with E-state index in [2.05, 4.69) is 6.07 Å². The zero-order valence-corrected chi connectivity index (χ0v) is 14.5. The van der Waals surface area contributed by atoms with Crippen LogP contribution in [0.1, 0.15) is 28.4 Å². The van der Waals surface area contributed by atoms with E-state index >= 15 is 0 Å². The average molecular weight is 333 g/mol. The molecule has 4 heteroatoms. The number of fused-ring (bicyclic) bond motifs is 2. The van der Waals surface area contributed by atoms with Crippen molar-refractivity contribution in [2.75, 3.05) is 6.61 Å². The van der Waals surface area contributed by atoms with Gasteiger partial charge in [-0.05, 0) is 38.1 Å². The molecular formula is C21H19NO3. The summed E-state index contributed by atoms with van der Waals surface area (Å²) in [6.07, 6.45) is 3.83. The molecule has 0 amide bonds. The second-order valence-electron chi connectivity index (χ2n) is 6.15. The summed E-state index contributed by atoms with van der Waals surface area (Å²) < 4.78 is 13.6. The number of nitrogens with zero attached hydrogens (tertiary/aromatic N) is 1. The number of ketones is 1. The molecule has 126 valence electrons. The lowest BCUT2D eigenvalue weighted by molar-refractivity contribution is 0.101. The summed E-state index contributed by atoms with van der Waals surface area (Å²) in [7, 11) is 1.99. The Balaban J connectivity index is 1.78. The second kappa shape index (κ2) is 5.81. The highest BCUT2D eigenvalue weighted by atomic mass is 16.5. The number of benzene rings is 2. The highest BCUT2D eigenvalue weighted by Crippen LogP contribution is 2.39. The molecular weight excluding hydrogens is 314 g/mol. The lowest BCUT2D eigenvalue weighted by atomic mass is 10.1. The minimum absolute atomic E-state index is 0.0888. The molecule has 1 aliphatic heterocycles. The number of hydrogen-bond acceptors (Lipinski definition) is 3. The Morgan fingerprint density at radius 3 is 2.80 bits per heavy atom. The molecule has 0 saturated carbocycles. The minimum Gasteiger partial charge on any atom is -0.493 e. The van der Waals surface area contributed by atoms with Crippen LogP contribution in [0.15, 0.2) is 48.4 Å². The molecule has 1 aromatic heterocycles. The Kier molecular flexibility index (Phi) is 3.61. The summed E-state index contributed by atoms with van der Waals surface area (Å²) in [5.41, 5.74) is 3.53. The Hall–Kier alpha value is -3.01. The summed E-state index contributed by atoms with van der Waals surface area (Å²) in [4.78, 5) is 12.7. The van der Waals surface area contributed by atoms with Crippen molar-refractivity contribution in [3.63, 3.8) is 0 Å². The smallest absolute Gasteiger partial charge is 0.231 e. The maximum absolute atomic E-state index is 12.7. The van der Waals surface area contributed by atoms with Gasteiger partial charge in [-0.2, -0.15) is 0 Å². The minimum atomic E-state index is -0.0888.